The molecule has 1 aliphatic rings. The molecule has 0 aromatic rings. The largest absolute Gasteiger partial charge is 0.277 e. The van der Waals surface area contributed by atoms with E-state index in [2.05, 4.69) is 36.7 Å². The first-order chi connectivity index (χ1) is 6.38. The summed E-state index contributed by atoms with van der Waals surface area (Å²) in [6, 6.07) is 0. The lowest BCUT2D eigenvalue weighted by Crippen LogP contribution is -2.46. The van der Waals surface area contributed by atoms with Gasteiger partial charge in [0.1, 0.15) is 0 Å². The van der Waals surface area contributed by atoms with Crippen molar-refractivity contribution in [1.82, 2.24) is 0 Å². The van der Waals surface area contributed by atoms with Crippen LogP contribution in [0.4, 0.5) is 0 Å². The van der Waals surface area contributed by atoms with Gasteiger partial charge in [0.2, 0.25) is 0 Å². The Morgan fingerprint density at radius 2 is 2.07 bits per heavy atom. The highest BCUT2D eigenvalue weighted by atomic mass is 79.9. The van der Waals surface area contributed by atoms with E-state index in [1.165, 1.54) is 0 Å². The second-order valence-corrected chi connectivity index (χ2v) is 6.19. The molecule has 1 rings (SSSR count). The molecule has 0 unspecified atom stereocenters. The van der Waals surface area contributed by atoms with Gasteiger partial charge in [0.15, 0.2) is 0 Å². The normalized spacial score (nSPS) is 38.6. The van der Waals surface area contributed by atoms with Crippen LogP contribution < -0.4 is 0 Å². The zero-order valence-corrected chi connectivity index (χ0v) is 10.6. The minimum absolute atomic E-state index is 0.132. The average Bonchev–Trinajstić information content (AvgIpc) is 2.02. The van der Waals surface area contributed by atoms with Crippen LogP contribution in [-0.4, -0.2) is 9.37 Å². The van der Waals surface area contributed by atoms with Crippen LogP contribution in [0.5, 0.6) is 0 Å². The van der Waals surface area contributed by atoms with E-state index in [9.17, 15) is 10.1 Å². The van der Waals surface area contributed by atoms with E-state index in [0.717, 1.165) is 12.8 Å². The number of hydrogen-bond acceptors (Lipinski definition) is 2. The Morgan fingerprint density at radius 3 is 2.50 bits per heavy atom. The minimum Gasteiger partial charge on any atom is -0.263 e. The number of nitrogens with zero attached hydrogens (tertiary/aromatic N) is 1. The van der Waals surface area contributed by atoms with Crippen LogP contribution in [0.1, 0.15) is 40.0 Å². The molecule has 0 aliphatic heterocycles. The molecule has 0 aromatic carbocycles. The number of rotatable bonds is 2. The quantitative estimate of drug-likeness (QED) is 0.332. The number of nitro groups is 1. The van der Waals surface area contributed by atoms with Crippen molar-refractivity contribution in [2.45, 2.75) is 44.5 Å². The van der Waals surface area contributed by atoms with Crippen molar-refractivity contribution >= 4 is 15.9 Å². The molecular formula is C10H18BrNO2. The van der Waals surface area contributed by atoms with Gasteiger partial charge in [0, 0.05) is 33.2 Å². The van der Waals surface area contributed by atoms with Crippen LogP contribution in [-0.2, 0) is 0 Å². The highest BCUT2D eigenvalue weighted by molar-refractivity contribution is 9.10. The lowest BCUT2D eigenvalue weighted by Gasteiger charge is -2.37. The number of hydrogen-bond donors (Lipinski definition) is 0. The molecule has 0 amide bonds. The monoisotopic (exact) mass is 263 g/mol. The molecule has 0 aromatic heterocycles. The summed E-state index contributed by atoms with van der Waals surface area (Å²) in [6.07, 6.45) is 2.73. The molecule has 0 bridgehead atoms. The van der Waals surface area contributed by atoms with E-state index in [1.54, 1.807) is 0 Å². The van der Waals surface area contributed by atoms with Crippen LogP contribution >= 0.6 is 15.9 Å². The van der Waals surface area contributed by atoms with E-state index in [0.29, 0.717) is 18.3 Å². The zero-order chi connectivity index (χ0) is 10.9. The van der Waals surface area contributed by atoms with Crippen molar-refractivity contribution in [3.63, 3.8) is 0 Å². The van der Waals surface area contributed by atoms with Gasteiger partial charge in [-0.2, -0.15) is 0 Å². The summed E-state index contributed by atoms with van der Waals surface area (Å²) in [7, 11) is 0. The second-order valence-electron chi connectivity index (χ2n) is 4.81. The van der Waals surface area contributed by atoms with E-state index < -0.39 is 4.45 Å². The van der Waals surface area contributed by atoms with Gasteiger partial charge in [0.25, 0.3) is 4.45 Å². The molecule has 1 saturated carbocycles. The Labute approximate surface area is 93.5 Å². The minimum atomic E-state index is -0.876. The Bertz CT molecular complexity index is 232. The molecule has 0 heterocycles. The van der Waals surface area contributed by atoms with Crippen LogP contribution in [0.25, 0.3) is 0 Å². The summed E-state index contributed by atoms with van der Waals surface area (Å²) in [5, 5.41) is 11.1. The van der Waals surface area contributed by atoms with Crippen molar-refractivity contribution in [3.05, 3.63) is 10.1 Å². The summed E-state index contributed by atoms with van der Waals surface area (Å²) in [5.41, 5.74) is 0. The lowest BCUT2D eigenvalue weighted by atomic mass is 9.74. The fraction of sp³-hybridized carbons (Fsp3) is 1.00. The first kappa shape index (κ1) is 12.0. The molecule has 14 heavy (non-hydrogen) atoms. The molecule has 0 radical (unpaired) electrons. The van der Waals surface area contributed by atoms with Crippen molar-refractivity contribution in [2.75, 3.05) is 0 Å². The van der Waals surface area contributed by atoms with Crippen LogP contribution in [0.15, 0.2) is 0 Å². The molecule has 1 aliphatic carbocycles. The fourth-order valence-electron chi connectivity index (χ4n) is 2.48. The van der Waals surface area contributed by atoms with Gasteiger partial charge in [-0.15, -0.1) is 0 Å². The van der Waals surface area contributed by atoms with E-state index in [-0.39, 0.29) is 10.8 Å². The molecule has 3 nitrogen and oxygen atoms in total. The van der Waals surface area contributed by atoms with Gasteiger partial charge in [-0.25, -0.2) is 0 Å². The third-order valence-corrected chi connectivity index (χ3v) is 4.48. The van der Waals surface area contributed by atoms with E-state index >= 15 is 0 Å². The van der Waals surface area contributed by atoms with E-state index in [1.807, 2.05) is 0 Å². The Morgan fingerprint density at radius 1 is 1.50 bits per heavy atom. The van der Waals surface area contributed by atoms with Gasteiger partial charge in [-0.05, 0) is 24.7 Å². The third kappa shape index (κ3) is 2.10. The van der Waals surface area contributed by atoms with Crippen LogP contribution in [0.2, 0.25) is 0 Å². The van der Waals surface area contributed by atoms with Crippen molar-refractivity contribution in [3.8, 4) is 0 Å². The molecule has 82 valence electrons. The third-order valence-electron chi connectivity index (χ3n) is 3.28. The summed E-state index contributed by atoms with van der Waals surface area (Å²) in [5.74, 6) is 0.982. The first-order valence-corrected chi connectivity index (χ1v) is 6.00. The van der Waals surface area contributed by atoms with Gasteiger partial charge < -0.3 is 0 Å². The van der Waals surface area contributed by atoms with Gasteiger partial charge in [-0.3, -0.25) is 10.1 Å². The van der Waals surface area contributed by atoms with Crippen molar-refractivity contribution in [2.24, 2.45) is 17.8 Å². The highest BCUT2D eigenvalue weighted by Crippen LogP contribution is 2.46. The maximum Gasteiger partial charge on any atom is 0.277 e. The maximum absolute atomic E-state index is 11.1. The van der Waals surface area contributed by atoms with Crippen LogP contribution in [0.3, 0.4) is 0 Å². The second kappa shape index (κ2) is 4.17. The average molecular weight is 264 g/mol. The summed E-state index contributed by atoms with van der Waals surface area (Å²) in [6.45, 7) is 6.23. The van der Waals surface area contributed by atoms with Crippen LogP contribution in [0, 0.1) is 27.9 Å². The molecular weight excluding hydrogens is 246 g/mol. The standard InChI is InChI=1S/C10H18BrNO2/c1-7(2)9-5-4-8(3)6-10(9,11)12(13)14/h7-9H,4-6H2,1-3H3/t8-,9+,10+/m1/s1. The highest BCUT2D eigenvalue weighted by Gasteiger charge is 2.52. The van der Waals surface area contributed by atoms with Gasteiger partial charge in [-0.1, -0.05) is 20.8 Å². The number of halogens is 1. The van der Waals surface area contributed by atoms with Crippen molar-refractivity contribution < 1.29 is 4.92 Å². The zero-order valence-electron chi connectivity index (χ0n) is 9.00. The summed E-state index contributed by atoms with van der Waals surface area (Å²) < 4.78 is -0.876. The van der Waals surface area contributed by atoms with Gasteiger partial charge >= 0.3 is 0 Å². The maximum atomic E-state index is 11.1. The summed E-state index contributed by atoms with van der Waals surface area (Å²) in [4.78, 5) is 11.0. The Hall–Kier alpha value is -0.120. The topological polar surface area (TPSA) is 43.1 Å². The molecule has 1 fully saturated rings. The predicted molar refractivity (Wildman–Crippen MR) is 60.0 cm³/mol. The first-order valence-electron chi connectivity index (χ1n) is 5.21. The molecule has 0 saturated heterocycles. The number of alkyl halides is 1. The molecule has 0 N–H and O–H groups in total. The SMILES string of the molecule is CC(C)[C@@H]1CC[C@@H](C)C[C@]1(Br)[N+](=O)[O-]. The summed E-state index contributed by atoms with van der Waals surface area (Å²) >= 11 is 3.37. The Kier molecular flexibility index (Phi) is 3.56. The molecule has 4 heteroatoms. The molecule has 0 spiro atoms. The Balaban J connectivity index is 2.88. The fourth-order valence-corrected chi connectivity index (χ4v) is 3.79. The van der Waals surface area contributed by atoms with Crippen molar-refractivity contribution in [1.29, 1.82) is 0 Å². The predicted octanol–water partition coefficient (Wildman–Crippen LogP) is 3.45. The van der Waals surface area contributed by atoms with Gasteiger partial charge in [0.05, 0.1) is 0 Å². The lowest BCUT2D eigenvalue weighted by molar-refractivity contribution is -0.552. The smallest absolute Gasteiger partial charge is 0.263 e. The molecule has 3 atom stereocenters. The van der Waals surface area contributed by atoms with E-state index in [4.69, 9.17) is 0 Å².